The standard InChI is InChI=1S/C16H26N4O3/c1-4-16(19-18-5-1)17-11-15-12-20(7-10-23-15)6-9-21-13-14-3-2-8-22-14/h1,4-5,14-15H,2-3,6-13H2,(H,17,19). The molecule has 0 bridgehead atoms. The van der Waals surface area contributed by atoms with Gasteiger partial charge in [-0.05, 0) is 25.0 Å². The number of aromatic nitrogens is 2. The first-order valence-electron chi connectivity index (χ1n) is 8.45. The van der Waals surface area contributed by atoms with E-state index >= 15 is 0 Å². The van der Waals surface area contributed by atoms with Gasteiger partial charge in [0.05, 0.1) is 32.0 Å². The summed E-state index contributed by atoms with van der Waals surface area (Å²) in [5.41, 5.74) is 0. The van der Waals surface area contributed by atoms with E-state index in [-0.39, 0.29) is 6.10 Å². The summed E-state index contributed by atoms with van der Waals surface area (Å²) >= 11 is 0. The summed E-state index contributed by atoms with van der Waals surface area (Å²) in [6.07, 6.45) is 4.44. The average Bonchev–Trinajstić information content (AvgIpc) is 3.12. The van der Waals surface area contributed by atoms with E-state index in [1.54, 1.807) is 6.20 Å². The van der Waals surface area contributed by atoms with E-state index in [1.165, 1.54) is 0 Å². The van der Waals surface area contributed by atoms with Gasteiger partial charge in [0.15, 0.2) is 0 Å². The highest BCUT2D eigenvalue weighted by atomic mass is 16.5. The average molecular weight is 322 g/mol. The predicted molar refractivity (Wildman–Crippen MR) is 86.5 cm³/mol. The minimum Gasteiger partial charge on any atom is -0.377 e. The van der Waals surface area contributed by atoms with Crippen molar-refractivity contribution in [2.24, 2.45) is 0 Å². The summed E-state index contributed by atoms with van der Waals surface area (Å²) < 4.78 is 17.1. The van der Waals surface area contributed by atoms with Gasteiger partial charge in [-0.1, -0.05) is 0 Å². The van der Waals surface area contributed by atoms with Crippen molar-refractivity contribution < 1.29 is 14.2 Å². The number of ether oxygens (including phenoxy) is 3. The van der Waals surface area contributed by atoms with Crippen molar-refractivity contribution in [1.82, 2.24) is 15.1 Å². The van der Waals surface area contributed by atoms with Crippen LogP contribution in [0.1, 0.15) is 12.8 Å². The van der Waals surface area contributed by atoms with Gasteiger partial charge in [-0.2, -0.15) is 5.10 Å². The highest BCUT2D eigenvalue weighted by Crippen LogP contribution is 2.12. The van der Waals surface area contributed by atoms with Gasteiger partial charge in [0.25, 0.3) is 0 Å². The van der Waals surface area contributed by atoms with E-state index in [9.17, 15) is 0 Å². The van der Waals surface area contributed by atoms with E-state index in [0.29, 0.717) is 6.10 Å². The van der Waals surface area contributed by atoms with Crippen molar-refractivity contribution >= 4 is 5.82 Å². The van der Waals surface area contributed by atoms with Crippen LogP contribution in [-0.4, -0.2) is 79.9 Å². The molecule has 0 aliphatic carbocycles. The van der Waals surface area contributed by atoms with Crippen LogP contribution in [0.3, 0.4) is 0 Å². The molecule has 0 radical (unpaired) electrons. The largest absolute Gasteiger partial charge is 0.377 e. The predicted octanol–water partition coefficient (Wildman–Crippen LogP) is 0.785. The third-order valence-corrected chi connectivity index (χ3v) is 4.19. The van der Waals surface area contributed by atoms with Crippen LogP contribution in [0.4, 0.5) is 5.82 Å². The van der Waals surface area contributed by atoms with Gasteiger partial charge >= 0.3 is 0 Å². The molecule has 7 nitrogen and oxygen atoms in total. The maximum absolute atomic E-state index is 5.80. The Morgan fingerprint density at radius 2 is 2.26 bits per heavy atom. The van der Waals surface area contributed by atoms with Gasteiger partial charge in [0.2, 0.25) is 0 Å². The Kier molecular flexibility index (Phi) is 6.57. The molecule has 2 aliphatic rings. The molecule has 0 spiro atoms. The summed E-state index contributed by atoms with van der Waals surface area (Å²) in [7, 11) is 0. The second-order valence-corrected chi connectivity index (χ2v) is 5.99. The quantitative estimate of drug-likeness (QED) is 0.710. The fourth-order valence-electron chi connectivity index (χ4n) is 2.91. The zero-order valence-corrected chi connectivity index (χ0v) is 13.5. The lowest BCUT2D eigenvalue weighted by Crippen LogP contribution is -2.46. The molecule has 3 heterocycles. The van der Waals surface area contributed by atoms with Crippen molar-refractivity contribution in [2.45, 2.75) is 25.0 Å². The zero-order chi connectivity index (χ0) is 15.7. The number of anilines is 1. The van der Waals surface area contributed by atoms with Crippen molar-refractivity contribution in [3.05, 3.63) is 18.3 Å². The van der Waals surface area contributed by atoms with Gasteiger partial charge in [0.1, 0.15) is 5.82 Å². The molecule has 1 aromatic rings. The summed E-state index contributed by atoms with van der Waals surface area (Å²) in [4.78, 5) is 2.39. The molecule has 2 fully saturated rings. The summed E-state index contributed by atoms with van der Waals surface area (Å²) in [5.74, 6) is 0.785. The third-order valence-electron chi connectivity index (χ3n) is 4.19. The van der Waals surface area contributed by atoms with Gasteiger partial charge in [-0.3, -0.25) is 4.90 Å². The number of nitrogens with zero attached hydrogens (tertiary/aromatic N) is 3. The van der Waals surface area contributed by atoms with Crippen LogP contribution in [0.5, 0.6) is 0 Å². The monoisotopic (exact) mass is 322 g/mol. The minimum absolute atomic E-state index is 0.170. The van der Waals surface area contributed by atoms with Crippen LogP contribution in [0, 0.1) is 0 Å². The lowest BCUT2D eigenvalue weighted by molar-refractivity contribution is -0.0367. The van der Waals surface area contributed by atoms with Crippen LogP contribution in [-0.2, 0) is 14.2 Å². The molecule has 0 aromatic carbocycles. The van der Waals surface area contributed by atoms with Crippen molar-refractivity contribution in [2.75, 3.05) is 57.9 Å². The highest BCUT2D eigenvalue weighted by molar-refractivity contribution is 5.31. The Bertz CT molecular complexity index is 442. The first-order valence-corrected chi connectivity index (χ1v) is 8.45. The number of morpholine rings is 1. The Morgan fingerprint density at radius 1 is 1.30 bits per heavy atom. The molecule has 0 saturated carbocycles. The number of rotatable bonds is 8. The van der Waals surface area contributed by atoms with Gasteiger partial charge < -0.3 is 19.5 Å². The van der Waals surface area contributed by atoms with Crippen molar-refractivity contribution in [1.29, 1.82) is 0 Å². The van der Waals surface area contributed by atoms with E-state index < -0.39 is 0 Å². The molecular formula is C16H26N4O3. The molecular weight excluding hydrogens is 296 g/mol. The van der Waals surface area contributed by atoms with E-state index in [4.69, 9.17) is 14.2 Å². The molecule has 1 N–H and O–H groups in total. The first kappa shape index (κ1) is 16.6. The van der Waals surface area contributed by atoms with Gasteiger partial charge in [0, 0.05) is 39.0 Å². The maximum Gasteiger partial charge on any atom is 0.148 e. The normalized spacial score (nSPS) is 25.6. The van der Waals surface area contributed by atoms with E-state index in [1.807, 2.05) is 12.1 Å². The molecule has 23 heavy (non-hydrogen) atoms. The fraction of sp³-hybridized carbons (Fsp3) is 0.750. The van der Waals surface area contributed by atoms with Crippen LogP contribution in [0.15, 0.2) is 18.3 Å². The molecule has 2 atom stereocenters. The maximum atomic E-state index is 5.80. The van der Waals surface area contributed by atoms with Crippen LogP contribution in [0.25, 0.3) is 0 Å². The topological polar surface area (TPSA) is 68.7 Å². The van der Waals surface area contributed by atoms with Crippen LogP contribution in [0.2, 0.25) is 0 Å². The molecule has 1 aromatic heterocycles. The summed E-state index contributed by atoms with van der Waals surface area (Å²) in [6, 6.07) is 3.78. The lowest BCUT2D eigenvalue weighted by Gasteiger charge is -2.33. The third kappa shape index (κ3) is 5.69. The van der Waals surface area contributed by atoms with Gasteiger partial charge in [-0.25, -0.2) is 0 Å². The second kappa shape index (κ2) is 9.12. The smallest absolute Gasteiger partial charge is 0.148 e. The van der Waals surface area contributed by atoms with Crippen LogP contribution < -0.4 is 5.32 Å². The Balaban J connectivity index is 1.30. The minimum atomic E-state index is 0.170. The van der Waals surface area contributed by atoms with Crippen LogP contribution >= 0.6 is 0 Å². The molecule has 2 saturated heterocycles. The molecule has 128 valence electrons. The SMILES string of the molecule is c1cnnc(NCC2CN(CCOCC3CCCO3)CCO2)c1. The Morgan fingerprint density at radius 3 is 3.09 bits per heavy atom. The number of hydrogen-bond donors (Lipinski definition) is 1. The van der Waals surface area contributed by atoms with Gasteiger partial charge in [-0.15, -0.1) is 5.10 Å². The zero-order valence-electron chi connectivity index (χ0n) is 13.5. The summed E-state index contributed by atoms with van der Waals surface area (Å²) in [5, 5.41) is 11.1. The fourth-order valence-corrected chi connectivity index (χ4v) is 2.91. The Labute approximate surface area is 137 Å². The summed E-state index contributed by atoms with van der Waals surface area (Å²) in [6.45, 7) is 6.69. The lowest BCUT2D eigenvalue weighted by atomic mass is 10.2. The van der Waals surface area contributed by atoms with Crippen molar-refractivity contribution in [3.8, 4) is 0 Å². The number of nitrogens with one attached hydrogen (secondary N) is 1. The Hall–Kier alpha value is -1.28. The molecule has 0 amide bonds. The highest BCUT2D eigenvalue weighted by Gasteiger charge is 2.20. The molecule has 2 aliphatic heterocycles. The second-order valence-electron chi connectivity index (χ2n) is 5.99. The van der Waals surface area contributed by atoms with Crippen molar-refractivity contribution in [3.63, 3.8) is 0 Å². The van der Waals surface area contributed by atoms with E-state index in [0.717, 1.165) is 71.3 Å². The first-order chi connectivity index (χ1) is 11.4. The molecule has 2 unspecified atom stereocenters. The molecule has 7 heteroatoms. The molecule has 3 rings (SSSR count). The van der Waals surface area contributed by atoms with E-state index in [2.05, 4.69) is 20.4 Å². The number of hydrogen-bond acceptors (Lipinski definition) is 7.